The molecule has 0 bridgehead atoms. The minimum atomic E-state index is -0.828. The average Bonchev–Trinajstić information content (AvgIpc) is 3.25. The van der Waals surface area contributed by atoms with Crippen LogP contribution in [0.3, 0.4) is 0 Å². The van der Waals surface area contributed by atoms with Crippen LogP contribution in [0.1, 0.15) is 85.5 Å². The normalized spacial score (nSPS) is 16.5. The van der Waals surface area contributed by atoms with Gasteiger partial charge in [-0.15, -0.1) is 0 Å². The smallest absolute Gasteiger partial charge is 0.309 e. The molecule has 33 heavy (non-hydrogen) atoms. The second-order valence-electron chi connectivity index (χ2n) is 10.4. The van der Waals surface area contributed by atoms with Gasteiger partial charge in [0.25, 0.3) is 0 Å². The third-order valence-corrected chi connectivity index (χ3v) is 6.68. The van der Waals surface area contributed by atoms with Crippen LogP contribution < -0.4 is 0 Å². The van der Waals surface area contributed by atoms with Crippen molar-refractivity contribution in [3.8, 4) is 0 Å². The van der Waals surface area contributed by atoms with E-state index < -0.39 is 22.8 Å². The maximum absolute atomic E-state index is 12.6. The SMILES string of the molecule is CC(C)(CCCC1=CC=C(CCCC2=CC=C(CCCC(C)(C)C(=O)O)C2=O)C1=O)C(=O)O. The Kier molecular flexibility index (Phi) is 8.76. The summed E-state index contributed by atoms with van der Waals surface area (Å²) >= 11 is 0. The molecular formula is C27H36O6. The highest BCUT2D eigenvalue weighted by atomic mass is 16.4. The van der Waals surface area contributed by atoms with Crippen LogP contribution in [0.5, 0.6) is 0 Å². The van der Waals surface area contributed by atoms with Crippen LogP contribution in [0.4, 0.5) is 0 Å². The number of ketones is 2. The molecule has 0 radical (unpaired) electrons. The van der Waals surface area contributed by atoms with Gasteiger partial charge in [0.1, 0.15) is 0 Å². The zero-order valence-corrected chi connectivity index (χ0v) is 20.2. The molecule has 0 aromatic carbocycles. The Morgan fingerprint density at radius 2 is 0.879 bits per heavy atom. The summed E-state index contributed by atoms with van der Waals surface area (Å²) in [4.78, 5) is 47.6. The van der Waals surface area contributed by atoms with Gasteiger partial charge < -0.3 is 10.2 Å². The first kappa shape index (κ1) is 26.5. The Morgan fingerprint density at radius 3 is 1.15 bits per heavy atom. The van der Waals surface area contributed by atoms with Crippen molar-refractivity contribution in [2.45, 2.75) is 85.5 Å². The lowest BCUT2D eigenvalue weighted by molar-refractivity contribution is -0.148. The zero-order valence-electron chi connectivity index (χ0n) is 20.2. The standard InChI is InChI=1S/C27H36O6/c1-26(2,24(30)31)16-6-10-20-14-12-18(22(20)28)8-5-9-19-13-15-21(23(19)29)11-7-17-27(3,4)25(32)33/h12-15H,5-11,16-17H2,1-4H3,(H,30,31)(H,32,33). The third-order valence-electron chi connectivity index (χ3n) is 6.68. The molecule has 2 rings (SSSR count). The molecule has 0 heterocycles. The summed E-state index contributed by atoms with van der Waals surface area (Å²) in [7, 11) is 0. The summed E-state index contributed by atoms with van der Waals surface area (Å²) in [6, 6.07) is 0. The Balaban J connectivity index is 1.69. The molecular weight excluding hydrogens is 420 g/mol. The summed E-state index contributed by atoms with van der Waals surface area (Å²) in [5, 5.41) is 18.4. The van der Waals surface area contributed by atoms with Crippen molar-refractivity contribution < 1.29 is 29.4 Å². The minimum Gasteiger partial charge on any atom is -0.481 e. The van der Waals surface area contributed by atoms with Crippen molar-refractivity contribution in [2.75, 3.05) is 0 Å². The number of carboxylic acid groups (broad SMARTS) is 2. The Labute approximate surface area is 196 Å². The first-order valence-corrected chi connectivity index (χ1v) is 11.7. The van der Waals surface area contributed by atoms with E-state index in [-0.39, 0.29) is 11.6 Å². The molecule has 2 N–H and O–H groups in total. The number of carbonyl (C=O) groups excluding carboxylic acids is 2. The van der Waals surface area contributed by atoms with E-state index in [1.54, 1.807) is 27.7 Å². The zero-order chi connectivity index (χ0) is 24.8. The van der Waals surface area contributed by atoms with Crippen LogP contribution >= 0.6 is 0 Å². The monoisotopic (exact) mass is 456 g/mol. The van der Waals surface area contributed by atoms with Crippen molar-refractivity contribution >= 4 is 23.5 Å². The number of Topliss-reactive ketones (excluding diaryl/α,β-unsaturated/α-hetero) is 2. The van der Waals surface area contributed by atoms with Crippen molar-refractivity contribution in [2.24, 2.45) is 10.8 Å². The van der Waals surface area contributed by atoms with Crippen LogP contribution in [0, 0.1) is 10.8 Å². The van der Waals surface area contributed by atoms with Gasteiger partial charge in [0.15, 0.2) is 11.6 Å². The number of allylic oxidation sites excluding steroid dienone is 8. The average molecular weight is 457 g/mol. The molecule has 0 atom stereocenters. The van der Waals surface area contributed by atoms with E-state index in [2.05, 4.69) is 0 Å². The molecule has 0 saturated carbocycles. The molecule has 6 nitrogen and oxygen atoms in total. The van der Waals surface area contributed by atoms with Gasteiger partial charge in [-0.05, 0) is 108 Å². The van der Waals surface area contributed by atoms with E-state index in [1.807, 2.05) is 24.3 Å². The van der Waals surface area contributed by atoms with Gasteiger partial charge in [-0.25, -0.2) is 0 Å². The molecule has 0 saturated heterocycles. The van der Waals surface area contributed by atoms with E-state index in [4.69, 9.17) is 0 Å². The maximum atomic E-state index is 12.6. The third kappa shape index (κ3) is 7.11. The van der Waals surface area contributed by atoms with Crippen LogP contribution in [0.2, 0.25) is 0 Å². The molecule has 2 aliphatic carbocycles. The van der Waals surface area contributed by atoms with Crippen LogP contribution in [-0.2, 0) is 19.2 Å². The second-order valence-corrected chi connectivity index (χ2v) is 10.4. The minimum absolute atomic E-state index is 0.0368. The Morgan fingerprint density at radius 1 is 0.606 bits per heavy atom. The highest BCUT2D eigenvalue weighted by Gasteiger charge is 2.28. The summed E-state index contributed by atoms with van der Waals surface area (Å²) in [6.45, 7) is 6.78. The molecule has 0 amide bonds. The van der Waals surface area contributed by atoms with E-state index in [0.29, 0.717) is 57.8 Å². The summed E-state index contributed by atoms with van der Waals surface area (Å²) < 4.78 is 0. The lowest BCUT2D eigenvalue weighted by Gasteiger charge is -2.18. The van der Waals surface area contributed by atoms with E-state index in [0.717, 1.165) is 22.3 Å². The van der Waals surface area contributed by atoms with Gasteiger partial charge >= 0.3 is 11.9 Å². The van der Waals surface area contributed by atoms with Crippen LogP contribution in [0.25, 0.3) is 0 Å². The number of carboxylic acids is 2. The van der Waals surface area contributed by atoms with Crippen LogP contribution in [0.15, 0.2) is 46.6 Å². The second kappa shape index (κ2) is 10.9. The predicted molar refractivity (Wildman–Crippen MR) is 127 cm³/mol. The fraction of sp³-hybridized carbons (Fsp3) is 0.556. The highest BCUT2D eigenvalue weighted by Crippen LogP contribution is 2.31. The quantitative estimate of drug-likeness (QED) is 0.353. The topological polar surface area (TPSA) is 109 Å². The highest BCUT2D eigenvalue weighted by molar-refractivity contribution is 6.12. The fourth-order valence-electron chi connectivity index (χ4n) is 4.03. The fourth-order valence-corrected chi connectivity index (χ4v) is 4.03. The first-order chi connectivity index (χ1) is 15.3. The lowest BCUT2D eigenvalue weighted by Crippen LogP contribution is -2.23. The van der Waals surface area contributed by atoms with Crippen molar-refractivity contribution in [1.29, 1.82) is 0 Å². The number of rotatable bonds is 14. The number of aliphatic carboxylic acids is 2. The number of hydrogen-bond acceptors (Lipinski definition) is 4. The first-order valence-electron chi connectivity index (χ1n) is 11.7. The Hall–Kier alpha value is -2.76. The summed E-state index contributed by atoms with van der Waals surface area (Å²) in [5.74, 6) is -1.58. The molecule has 0 aromatic heterocycles. The van der Waals surface area contributed by atoms with E-state index >= 15 is 0 Å². The molecule has 0 aliphatic heterocycles. The van der Waals surface area contributed by atoms with Gasteiger partial charge in [-0.3, -0.25) is 19.2 Å². The summed E-state index contributed by atoms with van der Waals surface area (Å²) in [5.41, 5.74) is 1.38. The molecule has 180 valence electrons. The lowest BCUT2D eigenvalue weighted by atomic mass is 9.86. The summed E-state index contributed by atoms with van der Waals surface area (Å²) in [6.07, 6.45) is 12.8. The van der Waals surface area contributed by atoms with Gasteiger partial charge in [-0.1, -0.05) is 24.3 Å². The van der Waals surface area contributed by atoms with Crippen molar-refractivity contribution in [1.82, 2.24) is 0 Å². The molecule has 6 heteroatoms. The number of carbonyl (C=O) groups is 4. The van der Waals surface area contributed by atoms with Gasteiger partial charge in [-0.2, -0.15) is 0 Å². The molecule has 0 spiro atoms. The van der Waals surface area contributed by atoms with Gasteiger partial charge in [0.05, 0.1) is 10.8 Å². The van der Waals surface area contributed by atoms with Crippen LogP contribution in [-0.4, -0.2) is 33.7 Å². The maximum Gasteiger partial charge on any atom is 0.309 e. The van der Waals surface area contributed by atoms with E-state index in [1.165, 1.54) is 0 Å². The largest absolute Gasteiger partial charge is 0.481 e. The van der Waals surface area contributed by atoms with E-state index in [9.17, 15) is 29.4 Å². The molecule has 0 unspecified atom stereocenters. The molecule has 2 aliphatic rings. The van der Waals surface area contributed by atoms with Crippen molar-refractivity contribution in [3.05, 3.63) is 46.6 Å². The van der Waals surface area contributed by atoms with Gasteiger partial charge in [0.2, 0.25) is 0 Å². The number of hydrogen-bond donors (Lipinski definition) is 2. The predicted octanol–water partition coefficient (Wildman–Crippen LogP) is 5.59. The Bertz CT molecular complexity index is 864. The molecule has 0 fully saturated rings. The van der Waals surface area contributed by atoms with Crippen molar-refractivity contribution in [3.63, 3.8) is 0 Å². The molecule has 0 aromatic rings. The van der Waals surface area contributed by atoms with Gasteiger partial charge in [0, 0.05) is 0 Å².